The molecule has 0 radical (unpaired) electrons. The summed E-state index contributed by atoms with van der Waals surface area (Å²) in [5, 5.41) is 6.98. The molecule has 4 heteroatoms. The predicted molar refractivity (Wildman–Crippen MR) is 94.6 cm³/mol. The molecule has 0 aromatic rings. The average molecular weight is 325 g/mol. The molecule has 0 aromatic heterocycles. The van der Waals surface area contributed by atoms with Gasteiger partial charge in [-0.2, -0.15) is 0 Å². The van der Waals surface area contributed by atoms with Gasteiger partial charge in [-0.05, 0) is 65.2 Å². The molecule has 2 rings (SSSR count). The van der Waals surface area contributed by atoms with Gasteiger partial charge in [-0.1, -0.05) is 26.2 Å². The molecular weight excluding hydrogens is 288 g/mol. The molecule has 4 nitrogen and oxygen atoms in total. The first-order chi connectivity index (χ1) is 10.9. The first kappa shape index (κ1) is 18.6. The summed E-state index contributed by atoms with van der Waals surface area (Å²) in [5.41, 5.74) is -0.424. The molecule has 2 saturated carbocycles. The molecule has 0 aliphatic heterocycles. The summed E-state index contributed by atoms with van der Waals surface area (Å²) in [6.45, 7) is 8.04. The first-order valence-electron chi connectivity index (χ1n) is 9.63. The van der Waals surface area contributed by atoms with Crippen LogP contribution in [0, 0.1) is 5.92 Å². The van der Waals surface area contributed by atoms with Crippen molar-refractivity contribution in [3.8, 4) is 0 Å². The van der Waals surface area contributed by atoms with Gasteiger partial charge in [0.2, 0.25) is 0 Å². The maximum absolute atomic E-state index is 12.0. The van der Waals surface area contributed by atoms with Crippen LogP contribution < -0.4 is 10.6 Å². The van der Waals surface area contributed by atoms with Crippen molar-refractivity contribution < 1.29 is 9.53 Å². The standard InChI is InChI=1S/C19H36N2O2/c1-5-14-9-6-7-12-17(14)20-15-10-8-11-16(13-15)21-18(22)23-19(2,3)4/h14-17,20H,5-13H2,1-4H3,(H,21,22). The third-order valence-electron chi connectivity index (χ3n) is 5.28. The van der Waals surface area contributed by atoms with E-state index < -0.39 is 5.60 Å². The Morgan fingerprint density at radius 3 is 2.43 bits per heavy atom. The quantitative estimate of drug-likeness (QED) is 0.807. The highest BCUT2D eigenvalue weighted by Gasteiger charge is 2.30. The zero-order chi connectivity index (χ0) is 16.9. The van der Waals surface area contributed by atoms with E-state index in [-0.39, 0.29) is 12.1 Å². The average Bonchev–Trinajstić information content (AvgIpc) is 2.46. The predicted octanol–water partition coefficient (Wildman–Crippen LogP) is 4.38. The van der Waals surface area contributed by atoms with E-state index in [0.29, 0.717) is 12.1 Å². The lowest BCUT2D eigenvalue weighted by Gasteiger charge is -2.38. The molecule has 2 aliphatic carbocycles. The lowest BCUT2D eigenvalue weighted by Crippen LogP contribution is -2.50. The Balaban J connectivity index is 1.79. The Kier molecular flexibility index (Phi) is 6.75. The maximum atomic E-state index is 12.0. The molecule has 0 aromatic carbocycles. The number of hydrogen-bond donors (Lipinski definition) is 2. The van der Waals surface area contributed by atoms with Crippen molar-refractivity contribution in [2.75, 3.05) is 0 Å². The van der Waals surface area contributed by atoms with E-state index in [1.165, 1.54) is 44.9 Å². The van der Waals surface area contributed by atoms with Crippen molar-refractivity contribution in [3.05, 3.63) is 0 Å². The Morgan fingerprint density at radius 2 is 1.74 bits per heavy atom. The molecule has 2 N–H and O–H groups in total. The lowest BCUT2D eigenvalue weighted by molar-refractivity contribution is 0.0486. The summed E-state index contributed by atoms with van der Waals surface area (Å²) in [6.07, 6.45) is 11.0. The van der Waals surface area contributed by atoms with Gasteiger partial charge in [0.25, 0.3) is 0 Å². The van der Waals surface area contributed by atoms with Crippen LogP contribution in [-0.2, 0) is 4.74 Å². The highest BCUT2D eigenvalue weighted by atomic mass is 16.6. The number of ether oxygens (including phenoxy) is 1. The largest absolute Gasteiger partial charge is 0.444 e. The van der Waals surface area contributed by atoms with E-state index in [0.717, 1.165) is 18.8 Å². The van der Waals surface area contributed by atoms with Crippen molar-refractivity contribution in [2.45, 2.75) is 109 Å². The van der Waals surface area contributed by atoms with Crippen molar-refractivity contribution in [3.63, 3.8) is 0 Å². The van der Waals surface area contributed by atoms with Gasteiger partial charge in [0, 0.05) is 18.1 Å². The van der Waals surface area contributed by atoms with Crippen LogP contribution in [-0.4, -0.2) is 29.8 Å². The second kappa shape index (κ2) is 8.36. The van der Waals surface area contributed by atoms with E-state index in [4.69, 9.17) is 4.74 Å². The highest BCUT2D eigenvalue weighted by Crippen LogP contribution is 2.29. The molecule has 0 bridgehead atoms. The maximum Gasteiger partial charge on any atom is 0.407 e. The van der Waals surface area contributed by atoms with Crippen LogP contribution in [0.5, 0.6) is 0 Å². The Bertz CT molecular complexity index is 378. The number of hydrogen-bond acceptors (Lipinski definition) is 3. The van der Waals surface area contributed by atoms with Gasteiger partial charge >= 0.3 is 6.09 Å². The van der Waals surface area contributed by atoms with Gasteiger partial charge in [0.15, 0.2) is 0 Å². The van der Waals surface area contributed by atoms with E-state index in [9.17, 15) is 4.79 Å². The molecule has 1 amide bonds. The number of amides is 1. The molecule has 0 saturated heterocycles. The van der Waals surface area contributed by atoms with Crippen molar-refractivity contribution in [1.29, 1.82) is 0 Å². The van der Waals surface area contributed by atoms with E-state index in [1.54, 1.807) is 0 Å². The topological polar surface area (TPSA) is 50.4 Å². The van der Waals surface area contributed by atoms with Crippen LogP contribution in [0.25, 0.3) is 0 Å². The normalized spacial score (nSPS) is 32.3. The third kappa shape index (κ3) is 6.33. The van der Waals surface area contributed by atoms with Gasteiger partial charge in [0.05, 0.1) is 0 Å². The first-order valence-corrected chi connectivity index (χ1v) is 9.63. The van der Waals surface area contributed by atoms with Gasteiger partial charge in [0.1, 0.15) is 5.60 Å². The van der Waals surface area contributed by atoms with Crippen LogP contribution >= 0.6 is 0 Å². The van der Waals surface area contributed by atoms with Crippen molar-refractivity contribution in [1.82, 2.24) is 10.6 Å². The van der Waals surface area contributed by atoms with Crippen LogP contribution in [0.4, 0.5) is 4.79 Å². The van der Waals surface area contributed by atoms with Crippen LogP contribution in [0.3, 0.4) is 0 Å². The molecular formula is C19H36N2O2. The van der Waals surface area contributed by atoms with Gasteiger partial charge in [-0.25, -0.2) is 4.79 Å². The Morgan fingerprint density at radius 1 is 1.04 bits per heavy atom. The smallest absolute Gasteiger partial charge is 0.407 e. The molecule has 0 spiro atoms. The summed E-state index contributed by atoms with van der Waals surface area (Å²) in [4.78, 5) is 12.0. The number of carbonyl (C=O) groups excluding carboxylic acids is 1. The van der Waals surface area contributed by atoms with E-state index >= 15 is 0 Å². The second-order valence-electron chi connectivity index (χ2n) is 8.43. The zero-order valence-corrected chi connectivity index (χ0v) is 15.5. The minimum atomic E-state index is -0.424. The lowest BCUT2D eigenvalue weighted by atomic mass is 9.81. The number of nitrogens with one attached hydrogen (secondary N) is 2. The van der Waals surface area contributed by atoms with Gasteiger partial charge in [-0.3, -0.25) is 0 Å². The molecule has 134 valence electrons. The fourth-order valence-corrected chi connectivity index (χ4v) is 4.16. The van der Waals surface area contributed by atoms with E-state index in [2.05, 4.69) is 17.6 Å². The molecule has 4 atom stereocenters. The molecule has 2 fully saturated rings. The fourth-order valence-electron chi connectivity index (χ4n) is 4.16. The third-order valence-corrected chi connectivity index (χ3v) is 5.28. The number of carbonyl (C=O) groups is 1. The Labute approximate surface area is 142 Å². The summed E-state index contributed by atoms with van der Waals surface area (Å²) in [6, 6.07) is 1.47. The number of alkyl carbamates (subject to hydrolysis) is 1. The Hall–Kier alpha value is -0.770. The molecule has 23 heavy (non-hydrogen) atoms. The molecule has 4 unspecified atom stereocenters. The zero-order valence-electron chi connectivity index (χ0n) is 15.5. The SMILES string of the molecule is CCC1CCCCC1NC1CCCC(NC(=O)OC(C)(C)C)C1. The fraction of sp³-hybridized carbons (Fsp3) is 0.947. The summed E-state index contributed by atoms with van der Waals surface area (Å²) in [5.74, 6) is 0.836. The summed E-state index contributed by atoms with van der Waals surface area (Å²) < 4.78 is 5.39. The monoisotopic (exact) mass is 324 g/mol. The molecule has 0 heterocycles. The van der Waals surface area contributed by atoms with Gasteiger partial charge in [-0.15, -0.1) is 0 Å². The van der Waals surface area contributed by atoms with Crippen molar-refractivity contribution >= 4 is 6.09 Å². The van der Waals surface area contributed by atoms with Gasteiger partial charge < -0.3 is 15.4 Å². The van der Waals surface area contributed by atoms with Crippen LogP contribution in [0.15, 0.2) is 0 Å². The minimum Gasteiger partial charge on any atom is -0.444 e. The summed E-state index contributed by atoms with van der Waals surface area (Å²) >= 11 is 0. The van der Waals surface area contributed by atoms with Crippen LogP contribution in [0.1, 0.15) is 85.5 Å². The summed E-state index contributed by atoms with van der Waals surface area (Å²) in [7, 11) is 0. The van der Waals surface area contributed by atoms with Crippen LogP contribution in [0.2, 0.25) is 0 Å². The van der Waals surface area contributed by atoms with E-state index in [1.807, 2.05) is 20.8 Å². The molecule has 2 aliphatic rings. The second-order valence-corrected chi connectivity index (χ2v) is 8.43. The number of rotatable bonds is 4. The minimum absolute atomic E-state index is 0.250. The van der Waals surface area contributed by atoms with Crippen molar-refractivity contribution in [2.24, 2.45) is 5.92 Å². The highest BCUT2D eigenvalue weighted by molar-refractivity contribution is 5.68.